The summed E-state index contributed by atoms with van der Waals surface area (Å²) < 4.78 is 18.6. The van der Waals surface area contributed by atoms with Gasteiger partial charge in [-0.15, -0.1) is 16.9 Å². The third-order valence-electron chi connectivity index (χ3n) is 7.56. The summed E-state index contributed by atoms with van der Waals surface area (Å²) in [4.78, 5) is 8.97. The van der Waals surface area contributed by atoms with Gasteiger partial charge in [0.1, 0.15) is 10.7 Å². The van der Waals surface area contributed by atoms with Crippen molar-refractivity contribution in [2.24, 2.45) is 5.92 Å². The van der Waals surface area contributed by atoms with E-state index in [1.54, 1.807) is 17.8 Å². The first-order valence-corrected chi connectivity index (χ1v) is 17.9. The number of aromatic nitrogens is 4. The van der Waals surface area contributed by atoms with Gasteiger partial charge in [-0.2, -0.15) is 0 Å². The lowest BCUT2D eigenvalue weighted by atomic mass is 9.95. The molecule has 47 heavy (non-hydrogen) atoms. The fourth-order valence-electron chi connectivity index (χ4n) is 5.07. The monoisotopic (exact) mass is 676 g/mol. The molecule has 1 aliphatic heterocycles. The van der Waals surface area contributed by atoms with Crippen molar-refractivity contribution in [3.8, 4) is 0 Å². The van der Waals surface area contributed by atoms with E-state index in [0.29, 0.717) is 36.3 Å². The van der Waals surface area contributed by atoms with Crippen LogP contribution in [-0.4, -0.2) is 62.1 Å². The molecule has 2 unspecified atom stereocenters. The highest BCUT2D eigenvalue weighted by Gasteiger charge is 2.48. The third kappa shape index (κ3) is 10.3. The lowest BCUT2D eigenvalue weighted by Crippen LogP contribution is -2.33. The molecule has 6 rings (SSSR count). The van der Waals surface area contributed by atoms with E-state index >= 15 is 0 Å². The summed E-state index contributed by atoms with van der Waals surface area (Å²) in [5.41, 5.74) is 4.52. The highest BCUT2D eigenvalue weighted by molar-refractivity contribution is 7.99. The Morgan fingerprint density at radius 1 is 0.894 bits per heavy atom. The molecule has 11 heteroatoms. The summed E-state index contributed by atoms with van der Waals surface area (Å²) in [5.74, 6) is -1.54. The van der Waals surface area contributed by atoms with Crippen molar-refractivity contribution in [1.82, 2.24) is 19.6 Å². The molecule has 0 aliphatic carbocycles. The number of hydrogen-bond acceptors (Lipinski definition) is 10. The Morgan fingerprint density at radius 3 is 2.02 bits per heavy atom. The smallest absolute Gasteiger partial charge is 0.214 e. The predicted molar refractivity (Wildman–Crippen MR) is 187 cm³/mol. The Kier molecular flexibility index (Phi) is 14.7. The van der Waals surface area contributed by atoms with Gasteiger partial charge >= 0.3 is 0 Å². The first kappa shape index (κ1) is 36.5. The molecular weight excluding hydrogens is 633 g/mol. The SMILES string of the molecule is COCc1ccccc1.CSc1nc(SC)c2ncc(C3(O)OC(CCOCc4ccccc4)C[C@@H]3C)n2n1.OCc1ccccc1. The summed E-state index contributed by atoms with van der Waals surface area (Å²) >= 11 is 2.97. The van der Waals surface area contributed by atoms with Crippen LogP contribution in [0.1, 0.15) is 42.1 Å². The van der Waals surface area contributed by atoms with Gasteiger partial charge in [0, 0.05) is 19.6 Å². The maximum Gasteiger partial charge on any atom is 0.214 e. The van der Waals surface area contributed by atoms with E-state index in [0.717, 1.165) is 29.0 Å². The molecule has 2 N–H and O–H groups in total. The number of aliphatic hydroxyl groups excluding tert-OH is 1. The maximum absolute atomic E-state index is 11.5. The van der Waals surface area contributed by atoms with Crippen molar-refractivity contribution in [3.05, 3.63) is 120 Å². The Balaban J connectivity index is 0.000000238. The van der Waals surface area contributed by atoms with E-state index in [1.165, 1.54) is 29.1 Å². The maximum atomic E-state index is 11.5. The Labute approximate surface area is 285 Å². The molecule has 1 aliphatic rings. The quantitative estimate of drug-likeness (QED) is 0.115. The lowest BCUT2D eigenvalue weighted by Gasteiger charge is -2.26. The van der Waals surface area contributed by atoms with Crippen molar-refractivity contribution in [2.75, 3.05) is 26.2 Å². The third-order valence-corrected chi connectivity index (χ3v) is 8.76. The second-order valence-corrected chi connectivity index (χ2v) is 12.5. The second kappa shape index (κ2) is 18.9. The topological polar surface area (TPSA) is 111 Å². The fraction of sp³-hybridized carbons (Fsp3) is 0.361. The molecule has 0 radical (unpaired) electrons. The first-order chi connectivity index (χ1) is 22.9. The fourth-order valence-corrected chi connectivity index (χ4v) is 5.97. The highest BCUT2D eigenvalue weighted by Crippen LogP contribution is 2.43. The van der Waals surface area contributed by atoms with Crippen LogP contribution in [0.2, 0.25) is 0 Å². The molecular formula is C36H44N4O5S2. The minimum Gasteiger partial charge on any atom is -0.392 e. The standard InChI is InChI=1S/C21H26N4O3S2.C8H10O.C7H8O/c1-14-11-16(9-10-27-13-15-7-5-4-6-8-15)28-21(14,26)17-12-22-18-19(29-2)23-20(30-3)24-25(17)18;1-9-7-8-5-3-2-4-6-8;8-6-7-4-2-1-3-5-7/h4-8,12,14,16,26H,9-11,13H2,1-3H3;2-6H,7H2,1H3;1-5,8H,6H2/t14-,16?,21?;;/m0../s1. The van der Waals surface area contributed by atoms with Crippen LogP contribution in [0.25, 0.3) is 5.65 Å². The molecule has 9 nitrogen and oxygen atoms in total. The van der Waals surface area contributed by atoms with Crippen molar-refractivity contribution in [3.63, 3.8) is 0 Å². The first-order valence-electron chi connectivity index (χ1n) is 15.5. The van der Waals surface area contributed by atoms with E-state index < -0.39 is 5.79 Å². The van der Waals surface area contributed by atoms with Gasteiger partial charge in [-0.3, -0.25) is 0 Å². The Morgan fingerprint density at radius 2 is 1.49 bits per heavy atom. The van der Waals surface area contributed by atoms with Gasteiger partial charge in [0.25, 0.3) is 0 Å². The number of hydrogen-bond donors (Lipinski definition) is 2. The Bertz CT molecular complexity index is 1610. The molecule has 2 aromatic heterocycles. The van der Waals surface area contributed by atoms with Gasteiger partial charge < -0.3 is 24.4 Å². The number of rotatable bonds is 11. The molecule has 0 saturated carbocycles. The van der Waals surface area contributed by atoms with Crippen LogP contribution in [-0.2, 0) is 39.8 Å². The normalized spacial score (nSPS) is 18.7. The van der Waals surface area contributed by atoms with Gasteiger partial charge in [0.15, 0.2) is 5.65 Å². The van der Waals surface area contributed by atoms with Crippen molar-refractivity contribution in [2.45, 2.75) is 61.7 Å². The average molecular weight is 677 g/mol. The van der Waals surface area contributed by atoms with Gasteiger partial charge in [0.05, 0.1) is 32.1 Å². The van der Waals surface area contributed by atoms with E-state index in [-0.39, 0.29) is 18.6 Å². The van der Waals surface area contributed by atoms with E-state index in [9.17, 15) is 5.11 Å². The van der Waals surface area contributed by atoms with Crippen LogP contribution < -0.4 is 0 Å². The van der Waals surface area contributed by atoms with Crippen LogP contribution >= 0.6 is 23.5 Å². The highest BCUT2D eigenvalue weighted by atomic mass is 32.2. The minimum absolute atomic E-state index is 0.0896. The zero-order chi connectivity index (χ0) is 33.5. The zero-order valence-electron chi connectivity index (χ0n) is 27.4. The van der Waals surface area contributed by atoms with Crippen LogP contribution in [0.3, 0.4) is 0 Å². The molecule has 1 fully saturated rings. The number of benzene rings is 3. The summed E-state index contributed by atoms with van der Waals surface area (Å²) in [6.45, 7) is 4.00. The number of methoxy groups -OCH3 is 1. The van der Waals surface area contributed by atoms with E-state index in [4.69, 9.17) is 19.3 Å². The summed E-state index contributed by atoms with van der Waals surface area (Å²) in [6.07, 6.45) is 6.91. The van der Waals surface area contributed by atoms with Gasteiger partial charge in [-0.05, 0) is 42.0 Å². The second-order valence-electron chi connectivity index (χ2n) is 10.9. The number of imidazole rings is 1. The molecule has 0 amide bonds. The van der Waals surface area contributed by atoms with Crippen molar-refractivity contribution < 1.29 is 24.4 Å². The molecule has 3 atom stereocenters. The number of nitrogens with zero attached hydrogens (tertiary/aromatic N) is 4. The summed E-state index contributed by atoms with van der Waals surface area (Å²) in [6, 6.07) is 29.7. The molecule has 3 aromatic carbocycles. The van der Waals surface area contributed by atoms with Crippen LogP contribution in [0, 0.1) is 5.92 Å². The largest absolute Gasteiger partial charge is 0.392 e. The molecule has 0 bridgehead atoms. The van der Waals surface area contributed by atoms with Crippen molar-refractivity contribution in [1.29, 1.82) is 0 Å². The zero-order valence-corrected chi connectivity index (χ0v) is 29.0. The molecule has 1 saturated heterocycles. The number of aliphatic hydroxyl groups is 2. The molecule has 250 valence electrons. The van der Waals surface area contributed by atoms with E-state index in [1.807, 2.05) is 110 Å². The van der Waals surface area contributed by atoms with Gasteiger partial charge in [0.2, 0.25) is 10.9 Å². The van der Waals surface area contributed by atoms with Crippen LogP contribution in [0.5, 0.6) is 0 Å². The van der Waals surface area contributed by atoms with E-state index in [2.05, 4.69) is 15.1 Å². The van der Waals surface area contributed by atoms with Crippen molar-refractivity contribution >= 4 is 29.2 Å². The summed E-state index contributed by atoms with van der Waals surface area (Å²) in [7, 11) is 1.70. The average Bonchev–Trinajstić information content (AvgIpc) is 3.68. The molecule has 5 aromatic rings. The lowest BCUT2D eigenvalue weighted by molar-refractivity contribution is -0.224. The molecule has 3 heterocycles. The minimum atomic E-state index is -1.44. The molecule has 0 spiro atoms. The number of thioether (sulfide) groups is 2. The van der Waals surface area contributed by atoms with Gasteiger partial charge in [-0.25, -0.2) is 14.5 Å². The summed E-state index contributed by atoms with van der Waals surface area (Å²) in [5, 5.41) is 25.9. The predicted octanol–water partition coefficient (Wildman–Crippen LogP) is 6.76. The Hall–Kier alpha value is -3.29. The van der Waals surface area contributed by atoms with Crippen LogP contribution in [0.4, 0.5) is 0 Å². The van der Waals surface area contributed by atoms with Crippen LogP contribution in [0.15, 0.2) is 107 Å². The van der Waals surface area contributed by atoms with Gasteiger partial charge in [-0.1, -0.05) is 110 Å². The number of ether oxygens (including phenoxy) is 3. The number of fused-ring (bicyclic) bond motifs is 1.